The lowest BCUT2D eigenvalue weighted by molar-refractivity contribution is -0.147. The monoisotopic (exact) mass is 391 g/mol. The van der Waals surface area contributed by atoms with E-state index in [9.17, 15) is 9.59 Å². The molecule has 29 heavy (non-hydrogen) atoms. The molecule has 6 heteroatoms. The van der Waals surface area contributed by atoms with Gasteiger partial charge in [-0.05, 0) is 41.8 Å². The first-order valence-corrected chi connectivity index (χ1v) is 9.83. The van der Waals surface area contributed by atoms with Crippen LogP contribution in [0.1, 0.15) is 43.4 Å². The normalized spacial score (nSPS) is 14.8. The van der Waals surface area contributed by atoms with Crippen molar-refractivity contribution >= 4 is 28.4 Å². The summed E-state index contributed by atoms with van der Waals surface area (Å²) < 4.78 is 5.34. The SMILES string of the molecule is COc1ccc2[nH]cc(C(C(=O)Nc3ccc(C(C)C)cc3)N3CCC3=O)c2c1. The maximum atomic E-state index is 13.3. The Labute approximate surface area is 169 Å². The molecule has 0 aliphatic carbocycles. The van der Waals surface area contributed by atoms with Crippen molar-refractivity contribution in [3.63, 3.8) is 0 Å². The molecular weight excluding hydrogens is 366 g/mol. The topological polar surface area (TPSA) is 74.4 Å². The summed E-state index contributed by atoms with van der Waals surface area (Å²) in [5, 5.41) is 3.86. The average molecular weight is 391 g/mol. The van der Waals surface area contributed by atoms with Crippen LogP contribution in [0.15, 0.2) is 48.7 Å². The fourth-order valence-corrected chi connectivity index (χ4v) is 3.69. The third kappa shape index (κ3) is 3.58. The molecule has 1 saturated heterocycles. The molecule has 2 aromatic carbocycles. The van der Waals surface area contributed by atoms with E-state index in [1.165, 1.54) is 5.56 Å². The standard InChI is InChI=1S/C23H25N3O3/c1-14(2)15-4-6-16(7-5-15)25-23(28)22(26-11-10-21(26)27)19-13-24-20-9-8-17(29-3)12-18(19)20/h4-9,12-14,22,24H,10-11H2,1-3H3,(H,25,28). The van der Waals surface area contributed by atoms with Crippen LogP contribution in [0, 0.1) is 0 Å². The van der Waals surface area contributed by atoms with E-state index in [1.54, 1.807) is 12.0 Å². The lowest BCUT2D eigenvalue weighted by Crippen LogP contribution is -2.49. The summed E-state index contributed by atoms with van der Waals surface area (Å²) in [5.74, 6) is 0.890. The largest absolute Gasteiger partial charge is 0.497 e. The van der Waals surface area contributed by atoms with Crippen molar-refractivity contribution in [1.29, 1.82) is 0 Å². The molecule has 0 spiro atoms. The first-order valence-electron chi connectivity index (χ1n) is 9.83. The van der Waals surface area contributed by atoms with Gasteiger partial charge in [0, 0.05) is 41.3 Å². The molecule has 1 fully saturated rings. The van der Waals surface area contributed by atoms with Gasteiger partial charge >= 0.3 is 0 Å². The van der Waals surface area contributed by atoms with E-state index in [0.717, 1.165) is 22.2 Å². The maximum Gasteiger partial charge on any atom is 0.251 e. The smallest absolute Gasteiger partial charge is 0.251 e. The molecule has 1 aliphatic rings. The second-order valence-electron chi connectivity index (χ2n) is 7.66. The summed E-state index contributed by atoms with van der Waals surface area (Å²) in [6.07, 6.45) is 2.28. The van der Waals surface area contributed by atoms with Crippen molar-refractivity contribution < 1.29 is 14.3 Å². The molecule has 0 saturated carbocycles. The van der Waals surface area contributed by atoms with Gasteiger partial charge in [0.2, 0.25) is 5.91 Å². The molecule has 2 amide bonds. The minimum atomic E-state index is -0.693. The molecule has 2 N–H and O–H groups in total. The lowest BCUT2D eigenvalue weighted by atomic mass is 9.99. The van der Waals surface area contributed by atoms with Crippen LogP contribution in [0.2, 0.25) is 0 Å². The van der Waals surface area contributed by atoms with Gasteiger partial charge in [0.15, 0.2) is 0 Å². The van der Waals surface area contributed by atoms with Gasteiger partial charge < -0.3 is 19.9 Å². The minimum Gasteiger partial charge on any atom is -0.497 e. The number of rotatable bonds is 6. The molecule has 1 aliphatic heterocycles. The predicted molar refractivity (Wildman–Crippen MR) is 113 cm³/mol. The van der Waals surface area contributed by atoms with Crippen LogP contribution in [0.25, 0.3) is 10.9 Å². The second-order valence-corrected chi connectivity index (χ2v) is 7.66. The van der Waals surface area contributed by atoms with E-state index in [1.807, 2.05) is 48.7 Å². The summed E-state index contributed by atoms with van der Waals surface area (Å²) >= 11 is 0. The van der Waals surface area contributed by atoms with Gasteiger partial charge in [-0.2, -0.15) is 0 Å². The molecule has 150 valence electrons. The number of anilines is 1. The van der Waals surface area contributed by atoms with E-state index in [2.05, 4.69) is 24.1 Å². The van der Waals surface area contributed by atoms with Gasteiger partial charge in [-0.25, -0.2) is 0 Å². The number of nitrogens with one attached hydrogen (secondary N) is 2. The van der Waals surface area contributed by atoms with Crippen molar-refractivity contribution in [2.24, 2.45) is 0 Å². The van der Waals surface area contributed by atoms with Crippen LogP contribution in [-0.2, 0) is 9.59 Å². The number of methoxy groups -OCH3 is 1. The second kappa shape index (κ2) is 7.62. The quantitative estimate of drug-likeness (QED) is 0.618. The minimum absolute atomic E-state index is 0.0162. The Morgan fingerprint density at radius 1 is 1.17 bits per heavy atom. The maximum absolute atomic E-state index is 13.3. The number of ether oxygens (including phenoxy) is 1. The number of aromatic amines is 1. The number of H-pyrrole nitrogens is 1. The molecule has 6 nitrogen and oxygen atoms in total. The van der Waals surface area contributed by atoms with Gasteiger partial charge in [-0.1, -0.05) is 26.0 Å². The number of aromatic nitrogens is 1. The van der Waals surface area contributed by atoms with Crippen molar-refractivity contribution in [1.82, 2.24) is 9.88 Å². The summed E-state index contributed by atoms with van der Waals surface area (Å²) in [6, 6.07) is 12.8. The zero-order valence-corrected chi connectivity index (χ0v) is 16.9. The Balaban J connectivity index is 1.67. The number of β-lactam (4-membered cyclic amide) rings is 1. The van der Waals surface area contributed by atoms with Crippen LogP contribution >= 0.6 is 0 Å². The number of hydrogen-bond acceptors (Lipinski definition) is 3. The summed E-state index contributed by atoms with van der Waals surface area (Å²) in [6.45, 7) is 4.83. The molecule has 3 aromatic rings. The van der Waals surface area contributed by atoms with E-state index in [0.29, 0.717) is 24.6 Å². The first kappa shape index (κ1) is 19.1. The molecule has 2 heterocycles. The summed E-state index contributed by atoms with van der Waals surface area (Å²) in [4.78, 5) is 30.3. The Hall–Kier alpha value is -3.28. The van der Waals surface area contributed by atoms with Gasteiger partial charge in [-0.15, -0.1) is 0 Å². The van der Waals surface area contributed by atoms with E-state index >= 15 is 0 Å². The molecule has 4 rings (SSSR count). The van der Waals surface area contributed by atoms with Crippen LogP contribution in [0.4, 0.5) is 5.69 Å². The van der Waals surface area contributed by atoms with Crippen LogP contribution in [-0.4, -0.2) is 35.4 Å². The van der Waals surface area contributed by atoms with Crippen LogP contribution in [0.3, 0.4) is 0 Å². The van der Waals surface area contributed by atoms with E-state index in [-0.39, 0.29) is 11.8 Å². The van der Waals surface area contributed by atoms with E-state index in [4.69, 9.17) is 4.74 Å². The number of likely N-dealkylation sites (tertiary alicyclic amines) is 1. The van der Waals surface area contributed by atoms with Gasteiger partial charge in [0.05, 0.1) is 7.11 Å². The molecule has 1 aromatic heterocycles. The predicted octanol–water partition coefficient (Wildman–Crippen LogP) is 4.21. The third-order valence-corrected chi connectivity index (χ3v) is 5.51. The van der Waals surface area contributed by atoms with Gasteiger partial charge in [0.25, 0.3) is 5.91 Å². The summed E-state index contributed by atoms with van der Waals surface area (Å²) in [7, 11) is 1.61. The Morgan fingerprint density at radius 2 is 1.93 bits per heavy atom. The molecule has 1 unspecified atom stereocenters. The van der Waals surface area contributed by atoms with E-state index < -0.39 is 6.04 Å². The van der Waals surface area contributed by atoms with Crippen LogP contribution < -0.4 is 10.1 Å². The average Bonchev–Trinajstić information content (AvgIpc) is 3.13. The molecule has 1 atom stereocenters. The van der Waals surface area contributed by atoms with Crippen LogP contribution in [0.5, 0.6) is 5.75 Å². The fraction of sp³-hybridized carbons (Fsp3) is 0.304. The van der Waals surface area contributed by atoms with Gasteiger partial charge in [-0.3, -0.25) is 9.59 Å². The van der Waals surface area contributed by atoms with Gasteiger partial charge in [0.1, 0.15) is 11.8 Å². The fourth-order valence-electron chi connectivity index (χ4n) is 3.69. The Kier molecular flexibility index (Phi) is 5.01. The zero-order valence-electron chi connectivity index (χ0n) is 16.9. The first-order chi connectivity index (χ1) is 14.0. The van der Waals surface area contributed by atoms with Crippen molar-refractivity contribution in [3.8, 4) is 5.75 Å². The number of nitrogens with zero attached hydrogens (tertiary/aromatic N) is 1. The number of carbonyl (C=O) groups excluding carboxylic acids is 2. The molecule has 0 radical (unpaired) electrons. The number of hydrogen-bond donors (Lipinski definition) is 2. The zero-order chi connectivity index (χ0) is 20.5. The summed E-state index contributed by atoms with van der Waals surface area (Å²) in [5.41, 5.74) is 3.59. The van der Waals surface area contributed by atoms with Crippen molar-refractivity contribution in [3.05, 3.63) is 59.8 Å². The Bertz CT molecular complexity index is 1050. The third-order valence-electron chi connectivity index (χ3n) is 5.51. The Morgan fingerprint density at radius 3 is 2.52 bits per heavy atom. The number of fused-ring (bicyclic) bond motifs is 1. The molecule has 0 bridgehead atoms. The number of benzene rings is 2. The lowest BCUT2D eigenvalue weighted by Gasteiger charge is -2.37. The number of carbonyl (C=O) groups is 2. The highest BCUT2D eigenvalue weighted by Gasteiger charge is 2.38. The highest BCUT2D eigenvalue weighted by molar-refractivity contribution is 6.02. The highest BCUT2D eigenvalue weighted by atomic mass is 16.5. The number of amides is 2. The molecular formula is C23H25N3O3. The van der Waals surface area contributed by atoms with Crippen molar-refractivity contribution in [2.75, 3.05) is 19.0 Å². The van der Waals surface area contributed by atoms with Crippen molar-refractivity contribution in [2.45, 2.75) is 32.2 Å². The highest BCUT2D eigenvalue weighted by Crippen LogP contribution is 2.34.